The van der Waals surface area contributed by atoms with Crippen molar-refractivity contribution in [3.05, 3.63) is 90.1 Å². The zero-order valence-electron chi connectivity index (χ0n) is 18.3. The summed E-state index contributed by atoms with van der Waals surface area (Å²) in [5.41, 5.74) is -0.833. The quantitative estimate of drug-likeness (QED) is 0.294. The van der Waals surface area contributed by atoms with Crippen LogP contribution in [0.15, 0.2) is 94.2 Å². The Kier molecular flexibility index (Phi) is 4.48. The lowest BCUT2D eigenvalue weighted by molar-refractivity contribution is -0.156. The topological polar surface area (TPSA) is 68.4 Å². The smallest absolute Gasteiger partial charge is 0.422 e. The Labute approximate surface area is 197 Å². The Morgan fingerprint density at radius 2 is 1.26 bits per heavy atom. The average Bonchev–Trinajstić information content (AvgIpc) is 3.76. The summed E-state index contributed by atoms with van der Waals surface area (Å²) in [6, 6.07) is 20.5. The zero-order valence-corrected chi connectivity index (χ0v) is 18.3. The van der Waals surface area contributed by atoms with Gasteiger partial charge in [-0.25, -0.2) is 0 Å². The highest BCUT2D eigenvalue weighted by atomic mass is 19.4. The van der Waals surface area contributed by atoms with Crippen molar-refractivity contribution in [2.75, 3.05) is 0 Å². The first-order chi connectivity index (χ1) is 16.7. The van der Waals surface area contributed by atoms with Crippen LogP contribution >= 0.6 is 0 Å². The maximum atomic E-state index is 13.2. The number of aromatic nitrogens is 1. The summed E-state index contributed by atoms with van der Waals surface area (Å²) in [6.07, 6.45) is -1.91. The number of benzene rings is 3. The molecule has 0 fully saturated rings. The highest BCUT2D eigenvalue weighted by molar-refractivity contribution is 5.87. The van der Waals surface area contributed by atoms with E-state index in [-0.39, 0.29) is 5.56 Å². The van der Waals surface area contributed by atoms with Gasteiger partial charge in [0, 0.05) is 17.2 Å². The first-order valence-electron chi connectivity index (χ1n) is 10.8. The van der Waals surface area contributed by atoms with Crippen molar-refractivity contribution in [1.82, 2.24) is 4.98 Å². The van der Waals surface area contributed by atoms with Crippen LogP contribution in [-0.4, -0.2) is 17.4 Å². The predicted octanol–water partition coefficient (Wildman–Crippen LogP) is 7.30. The molecule has 4 aromatic rings. The lowest BCUT2D eigenvalue weighted by Gasteiger charge is -2.18. The second-order valence-corrected chi connectivity index (χ2v) is 8.52. The molecule has 2 aliphatic heterocycles. The van der Waals surface area contributed by atoms with Gasteiger partial charge in [0.1, 0.15) is 23.0 Å². The van der Waals surface area contributed by atoms with Gasteiger partial charge in [-0.1, -0.05) is 24.3 Å². The van der Waals surface area contributed by atoms with E-state index in [9.17, 15) is 13.2 Å². The van der Waals surface area contributed by atoms with Crippen LogP contribution in [0.1, 0.15) is 18.1 Å². The van der Waals surface area contributed by atoms with Crippen LogP contribution in [0.25, 0.3) is 10.9 Å². The van der Waals surface area contributed by atoms with Crippen LogP contribution in [0.2, 0.25) is 0 Å². The molecule has 9 heteroatoms. The lowest BCUT2D eigenvalue weighted by Crippen LogP contribution is -2.31. The van der Waals surface area contributed by atoms with E-state index in [0.717, 1.165) is 22.7 Å². The molecule has 3 aromatic carbocycles. The van der Waals surface area contributed by atoms with Crippen LogP contribution in [-0.2, 0) is 11.2 Å². The predicted molar refractivity (Wildman–Crippen MR) is 123 cm³/mol. The van der Waals surface area contributed by atoms with Crippen molar-refractivity contribution in [1.29, 1.82) is 0 Å². The lowest BCUT2D eigenvalue weighted by atomic mass is 9.97. The average molecular weight is 474 g/mol. The van der Waals surface area contributed by atoms with E-state index in [4.69, 9.17) is 9.47 Å². The number of aliphatic imine (C=N–C) groups is 1. The van der Waals surface area contributed by atoms with Crippen LogP contribution < -0.4 is 9.47 Å². The summed E-state index contributed by atoms with van der Waals surface area (Å²) in [7, 11) is 0. The zero-order chi connectivity index (χ0) is 24.3. The van der Waals surface area contributed by atoms with E-state index < -0.39 is 17.4 Å². The third-order valence-corrected chi connectivity index (χ3v) is 6.01. The molecule has 2 aliphatic rings. The van der Waals surface area contributed by atoms with Crippen molar-refractivity contribution in [3.63, 3.8) is 0 Å². The van der Waals surface area contributed by atoms with Gasteiger partial charge in [-0.05, 0) is 61.0 Å². The standard InChI is InChI=1S/C26H17F3N4O2/c1-24(32-33-24)17-2-6-20(7-3-17)35-22-13-16-12-21(10-11-23(16)30-14-22)34-19-8-4-18(5-9-19)25(15-31-25)26(27,28)29/h2-15H,1H3. The van der Waals surface area contributed by atoms with E-state index in [0.29, 0.717) is 23.0 Å². The van der Waals surface area contributed by atoms with Gasteiger partial charge in [-0.2, -0.15) is 23.4 Å². The normalized spacial score (nSPS) is 19.5. The Morgan fingerprint density at radius 3 is 1.83 bits per heavy atom. The fourth-order valence-corrected chi connectivity index (χ4v) is 3.81. The molecule has 6 rings (SSSR count). The fraction of sp³-hybridized carbons (Fsp3) is 0.154. The molecule has 3 heterocycles. The summed E-state index contributed by atoms with van der Waals surface area (Å²) < 4.78 is 51.5. The van der Waals surface area contributed by atoms with Crippen LogP contribution in [0.5, 0.6) is 23.0 Å². The Balaban J connectivity index is 1.18. The van der Waals surface area contributed by atoms with Crippen LogP contribution in [0, 0.1) is 0 Å². The third-order valence-electron chi connectivity index (χ3n) is 6.01. The van der Waals surface area contributed by atoms with Gasteiger partial charge in [-0.3, -0.25) is 9.98 Å². The number of nitrogens with zero attached hydrogens (tertiary/aromatic N) is 4. The molecule has 0 bridgehead atoms. The van der Waals surface area contributed by atoms with E-state index >= 15 is 0 Å². The molecule has 1 unspecified atom stereocenters. The second kappa shape index (κ2) is 7.36. The monoisotopic (exact) mass is 474 g/mol. The number of rotatable bonds is 6. The minimum absolute atomic E-state index is 0.0601. The van der Waals surface area contributed by atoms with Gasteiger partial charge < -0.3 is 9.47 Å². The van der Waals surface area contributed by atoms with Crippen molar-refractivity contribution >= 4 is 17.1 Å². The number of halogens is 3. The first kappa shape index (κ1) is 21.3. The SMILES string of the molecule is CC1(c2ccc(Oc3cnc4ccc(Oc5ccc(C6(C(F)(F)F)C=N6)cc5)cc4c3)cc2)N=N1. The number of ether oxygens (including phenoxy) is 2. The number of hydrogen-bond acceptors (Lipinski definition) is 6. The number of alkyl halides is 3. The van der Waals surface area contributed by atoms with Crippen LogP contribution in [0.4, 0.5) is 13.2 Å². The molecule has 0 saturated heterocycles. The second-order valence-electron chi connectivity index (χ2n) is 8.52. The highest BCUT2D eigenvalue weighted by Crippen LogP contribution is 2.48. The Hall–Kier alpha value is -4.27. The number of fused-ring (bicyclic) bond motifs is 1. The summed E-state index contributed by atoms with van der Waals surface area (Å²) in [6.45, 7) is 1.94. The molecular formula is C26H17F3N4O2. The van der Waals surface area contributed by atoms with Crippen molar-refractivity contribution in [3.8, 4) is 23.0 Å². The molecular weight excluding hydrogens is 457 g/mol. The molecule has 0 N–H and O–H groups in total. The summed E-state index contributed by atoms with van der Waals surface area (Å²) in [5.74, 6) is 2.14. The van der Waals surface area contributed by atoms with Gasteiger partial charge >= 0.3 is 6.18 Å². The number of hydrogen-bond donors (Lipinski definition) is 0. The van der Waals surface area contributed by atoms with E-state index in [2.05, 4.69) is 20.2 Å². The van der Waals surface area contributed by atoms with Crippen LogP contribution in [0.3, 0.4) is 0 Å². The first-order valence-corrected chi connectivity index (χ1v) is 10.8. The van der Waals surface area contributed by atoms with Crippen molar-refractivity contribution in [2.24, 2.45) is 15.2 Å². The molecule has 0 spiro atoms. The maximum absolute atomic E-state index is 13.2. The fourth-order valence-electron chi connectivity index (χ4n) is 3.81. The molecule has 174 valence electrons. The summed E-state index contributed by atoms with van der Waals surface area (Å²) in [5, 5.41) is 8.85. The van der Waals surface area contributed by atoms with Gasteiger partial charge in [0.2, 0.25) is 11.2 Å². The van der Waals surface area contributed by atoms with Crippen molar-refractivity contribution < 1.29 is 22.6 Å². The molecule has 0 radical (unpaired) electrons. The van der Waals surface area contributed by atoms with Gasteiger partial charge in [-0.15, -0.1) is 0 Å². The Bertz CT molecular complexity index is 1480. The van der Waals surface area contributed by atoms with E-state index in [1.807, 2.05) is 37.3 Å². The maximum Gasteiger partial charge on any atom is 0.422 e. The van der Waals surface area contributed by atoms with Gasteiger partial charge in [0.15, 0.2) is 0 Å². The molecule has 0 saturated carbocycles. The molecule has 35 heavy (non-hydrogen) atoms. The van der Waals surface area contributed by atoms with Gasteiger partial charge in [0.05, 0.1) is 11.7 Å². The molecule has 1 atom stereocenters. The summed E-state index contributed by atoms with van der Waals surface area (Å²) in [4.78, 5) is 7.89. The highest BCUT2D eigenvalue weighted by Gasteiger charge is 2.61. The molecule has 0 amide bonds. The van der Waals surface area contributed by atoms with Crippen molar-refractivity contribution in [2.45, 2.75) is 24.3 Å². The third kappa shape index (κ3) is 3.88. The van der Waals surface area contributed by atoms with E-state index in [1.165, 1.54) is 24.3 Å². The molecule has 1 aromatic heterocycles. The largest absolute Gasteiger partial charge is 0.457 e. The minimum Gasteiger partial charge on any atom is -0.457 e. The molecule has 0 aliphatic carbocycles. The van der Waals surface area contributed by atoms with Gasteiger partial charge in [0.25, 0.3) is 0 Å². The Morgan fingerprint density at radius 1 is 0.714 bits per heavy atom. The summed E-state index contributed by atoms with van der Waals surface area (Å²) >= 11 is 0. The molecule has 6 nitrogen and oxygen atoms in total. The van der Waals surface area contributed by atoms with E-state index in [1.54, 1.807) is 24.4 Å². The minimum atomic E-state index is -4.45. The number of pyridine rings is 1.